The molecule has 0 aliphatic heterocycles. The Balaban J connectivity index is 1.63. The fourth-order valence-corrected chi connectivity index (χ4v) is 3.09. The molecule has 0 aromatic heterocycles. The minimum absolute atomic E-state index is 0.169. The Morgan fingerprint density at radius 2 is 1.32 bits per heavy atom. The number of methoxy groups -OCH3 is 3. The van der Waals surface area contributed by atoms with Crippen molar-refractivity contribution in [2.45, 2.75) is 0 Å². The van der Waals surface area contributed by atoms with Crippen molar-refractivity contribution in [2.24, 2.45) is 0 Å². The molecule has 3 aromatic carbocycles. The first-order chi connectivity index (χ1) is 15.0. The second-order valence-electron chi connectivity index (χ2n) is 6.39. The molecule has 0 unspecified atom stereocenters. The molecule has 0 aliphatic rings. The first-order valence-electron chi connectivity index (χ1n) is 9.38. The van der Waals surface area contributed by atoms with Crippen LogP contribution in [0.25, 0.3) is 0 Å². The molecular formula is C23H23N3O4S. The molecular weight excluding hydrogens is 414 g/mol. The Labute approximate surface area is 186 Å². The number of hydrogen-bond donors (Lipinski definition) is 3. The van der Waals surface area contributed by atoms with Crippen LogP contribution in [0.15, 0.2) is 66.7 Å². The fourth-order valence-electron chi connectivity index (χ4n) is 2.87. The summed E-state index contributed by atoms with van der Waals surface area (Å²) in [6.07, 6.45) is 0. The van der Waals surface area contributed by atoms with E-state index in [9.17, 15) is 4.79 Å². The average Bonchev–Trinajstić information content (AvgIpc) is 2.79. The Bertz CT molecular complexity index is 1030. The molecule has 3 aromatic rings. The molecule has 0 aliphatic carbocycles. The van der Waals surface area contributed by atoms with E-state index in [0.717, 1.165) is 17.1 Å². The van der Waals surface area contributed by atoms with Crippen LogP contribution in [0.5, 0.6) is 17.2 Å². The molecule has 31 heavy (non-hydrogen) atoms. The third kappa shape index (κ3) is 5.64. The number of ether oxygens (including phenoxy) is 3. The van der Waals surface area contributed by atoms with Crippen LogP contribution in [-0.2, 0) is 0 Å². The van der Waals surface area contributed by atoms with Crippen molar-refractivity contribution in [3.63, 3.8) is 0 Å². The number of carbonyl (C=O) groups is 1. The van der Waals surface area contributed by atoms with Gasteiger partial charge in [-0.15, -0.1) is 0 Å². The number of nitrogens with one attached hydrogen (secondary N) is 3. The lowest BCUT2D eigenvalue weighted by atomic mass is 10.1. The molecule has 0 radical (unpaired) electrons. The van der Waals surface area contributed by atoms with Gasteiger partial charge in [0.25, 0.3) is 5.91 Å². The van der Waals surface area contributed by atoms with E-state index in [-0.39, 0.29) is 5.11 Å². The summed E-state index contributed by atoms with van der Waals surface area (Å²) < 4.78 is 15.8. The minimum Gasteiger partial charge on any atom is -0.493 e. The van der Waals surface area contributed by atoms with Crippen molar-refractivity contribution in [2.75, 3.05) is 32.0 Å². The molecule has 0 atom stereocenters. The molecule has 160 valence electrons. The van der Waals surface area contributed by atoms with Gasteiger partial charge in [-0.3, -0.25) is 10.1 Å². The van der Waals surface area contributed by atoms with Gasteiger partial charge < -0.3 is 24.8 Å². The van der Waals surface area contributed by atoms with E-state index >= 15 is 0 Å². The molecule has 0 saturated carbocycles. The highest BCUT2D eigenvalue weighted by molar-refractivity contribution is 7.80. The van der Waals surface area contributed by atoms with E-state index in [2.05, 4.69) is 16.0 Å². The van der Waals surface area contributed by atoms with Crippen LogP contribution in [-0.4, -0.2) is 32.3 Å². The van der Waals surface area contributed by atoms with Crippen molar-refractivity contribution in [3.8, 4) is 17.2 Å². The number of amides is 1. The van der Waals surface area contributed by atoms with Crippen molar-refractivity contribution < 1.29 is 19.0 Å². The maximum atomic E-state index is 12.6. The number of para-hydroxylation sites is 1. The highest BCUT2D eigenvalue weighted by atomic mass is 32.1. The third-order valence-corrected chi connectivity index (χ3v) is 4.56. The predicted molar refractivity (Wildman–Crippen MR) is 126 cm³/mol. The lowest BCUT2D eigenvalue weighted by Crippen LogP contribution is -2.34. The lowest BCUT2D eigenvalue weighted by molar-refractivity contribution is 0.0977. The van der Waals surface area contributed by atoms with Gasteiger partial charge in [0, 0.05) is 22.6 Å². The molecule has 0 spiro atoms. The van der Waals surface area contributed by atoms with E-state index < -0.39 is 5.91 Å². The molecule has 1 amide bonds. The zero-order chi connectivity index (χ0) is 22.2. The SMILES string of the molecule is COc1cc(C(=O)NC(=S)Nc2ccc(Nc3ccccc3)cc2)cc(OC)c1OC. The van der Waals surface area contributed by atoms with Crippen LogP contribution < -0.4 is 30.2 Å². The normalized spacial score (nSPS) is 10.0. The van der Waals surface area contributed by atoms with Gasteiger partial charge >= 0.3 is 0 Å². The molecule has 0 heterocycles. The van der Waals surface area contributed by atoms with Crippen LogP contribution in [0.1, 0.15) is 10.4 Å². The number of anilines is 3. The van der Waals surface area contributed by atoms with Gasteiger partial charge in [0.15, 0.2) is 16.6 Å². The zero-order valence-electron chi connectivity index (χ0n) is 17.4. The Kier molecular flexibility index (Phi) is 7.29. The minimum atomic E-state index is -0.404. The molecule has 0 fully saturated rings. The Hall–Kier alpha value is -3.78. The number of thiocarbonyl (C=S) groups is 1. The second kappa shape index (κ2) is 10.3. The van der Waals surface area contributed by atoms with Crippen LogP contribution in [0.3, 0.4) is 0 Å². The van der Waals surface area contributed by atoms with Gasteiger partial charge in [0.05, 0.1) is 21.3 Å². The molecule has 0 bridgehead atoms. The predicted octanol–water partition coefficient (Wildman–Crippen LogP) is 4.58. The van der Waals surface area contributed by atoms with E-state index in [4.69, 9.17) is 26.4 Å². The van der Waals surface area contributed by atoms with Gasteiger partial charge in [0.2, 0.25) is 5.75 Å². The van der Waals surface area contributed by atoms with Gasteiger partial charge in [-0.2, -0.15) is 0 Å². The molecule has 3 rings (SSSR count). The zero-order valence-corrected chi connectivity index (χ0v) is 18.2. The summed E-state index contributed by atoms with van der Waals surface area (Å²) >= 11 is 5.28. The standard InChI is InChI=1S/C23H23N3O4S/c1-28-19-13-15(14-20(29-2)21(19)30-3)22(27)26-23(31)25-18-11-9-17(10-12-18)24-16-7-5-4-6-8-16/h4-14,24H,1-3H3,(H2,25,26,27,31). The molecule has 8 heteroatoms. The maximum absolute atomic E-state index is 12.6. The summed E-state index contributed by atoms with van der Waals surface area (Å²) in [4.78, 5) is 12.6. The lowest BCUT2D eigenvalue weighted by Gasteiger charge is -2.15. The first kappa shape index (κ1) is 21.9. The highest BCUT2D eigenvalue weighted by Gasteiger charge is 2.17. The average molecular weight is 438 g/mol. The van der Waals surface area contributed by atoms with Gasteiger partial charge in [0.1, 0.15) is 0 Å². The number of benzene rings is 3. The van der Waals surface area contributed by atoms with Crippen LogP contribution in [0.2, 0.25) is 0 Å². The quantitative estimate of drug-likeness (QED) is 0.467. The van der Waals surface area contributed by atoms with Crippen molar-refractivity contribution in [3.05, 3.63) is 72.3 Å². The van der Waals surface area contributed by atoms with Crippen LogP contribution in [0, 0.1) is 0 Å². The highest BCUT2D eigenvalue weighted by Crippen LogP contribution is 2.38. The summed E-state index contributed by atoms with van der Waals surface area (Å²) in [5, 5.41) is 9.12. The summed E-state index contributed by atoms with van der Waals surface area (Å²) in [6.45, 7) is 0. The molecule has 7 nitrogen and oxygen atoms in total. The Morgan fingerprint density at radius 3 is 1.87 bits per heavy atom. The number of hydrogen-bond acceptors (Lipinski definition) is 6. The van der Waals surface area contributed by atoms with Gasteiger partial charge in [-0.1, -0.05) is 18.2 Å². The largest absolute Gasteiger partial charge is 0.493 e. The van der Waals surface area contributed by atoms with Crippen molar-refractivity contribution >= 4 is 40.3 Å². The summed E-state index contributed by atoms with van der Waals surface area (Å²) in [7, 11) is 4.47. The second-order valence-corrected chi connectivity index (χ2v) is 6.80. The molecule has 0 saturated heterocycles. The van der Waals surface area contributed by atoms with E-state index in [1.54, 1.807) is 12.1 Å². The Morgan fingerprint density at radius 1 is 0.774 bits per heavy atom. The smallest absolute Gasteiger partial charge is 0.257 e. The fraction of sp³-hybridized carbons (Fsp3) is 0.130. The topological polar surface area (TPSA) is 80.9 Å². The van der Waals surface area contributed by atoms with Crippen LogP contribution in [0.4, 0.5) is 17.1 Å². The summed E-state index contributed by atoms with van der Waals surface area (Å²) in [5.74, 6) is 0.769. The maximum Gasteiger partial charge on any atom is 0.257 e. The van der Waals surface area contributed by atoms with E-state index in [0.29, 0.717) is 22.8 Å². The monoisotopic (exact) mass is 437 g/mol. The van der Waals surface area contributed by atoms with E-state index in [1.807, 2.05) is 54.6 Å². The van der Waals surface area contributed by atoms with Gasteiger partial charge in [-0.25, -0.2) is 0 Å². The third-order valence-electron chi connectivity index (χ3n) is 4.36. The summed E-state index contributed by atoms with van der Waals surface area (Å²) in [6, 6.07) is 20.5. The first-order valence-corrected chi connectivity index (χ1v) is 9.79. The van der Waals surface area contributed by atoms with E-state index in [1.165, 1.54) is 21.3 Å². The molecule has 3 N–H and O–H groups in total. The van der Waals surface area contributed by atoms with Gasteiger partial charge in [-0.05, 0) is 60.7 Å². The number of rotatable bonds is 7. The van der Waals surface area contributed by atoms with Crippen molar-refractivity contribution in [1.82, 2.24) is 5.32 Å². The van der Waals surface area contributed by atoms with Crippen LogP contribution >= 0.6 is 12.2 Å². The summed E-state index contributed by atoms with van der Waals surface area (Å²) in [5.41, 5.74) is 3.00. The van der Waals surface area contributed by atoms with Crippen molar-refractivity contribution in [1.29, 1.82) is 0 Å². The number of carbonyl (C=O) groups excluding carboxylic acids is 1.